The number of benzene rings is 1. The Morgan fingerprint density at radius 3 is 2.70 bits per heavy atom. The van der Waals surface area contributed by atoms with Gasteiger partial charge in [-0.05, 0) is 28.4 Å². The molecule has 1 heterocycles. The Labute approximate surface area is 126 Å². The summed E-state index contributed by atoms with van der Waals surface area (Å²) in [5.41, 5.74) is 0.872. The van der Waals surface area contributed by atoms with E-state index in [0.29, 0.717) is 18.3 Å². The Morgan fingerprint density at radius 2 is 2.00 bits per heavy atom. The van der Waals surface area contributed by atoms with Gasteiger partial charge < -0.3 is 15.7 Å². The molecule has 1 unspecified atom stereocenters. The van der Waals surface area contributed by atoms with E-state index < -0.39 is 6.10 Å². The van der Waals surface area contributed by atoms with Crippen LogP contribution in [0.25, 0.3) is 0 Å². The minimum absolute atomic E-state index is 0.380. The number of hydrogen-bond donors (Lipinski definition) is 3. The number of nitrogens with one attached hydrogen (secondary N) is 2. The summed E-state index contributed by atoms with van der Waals surface area (Å²) in [6.07, 6.45) is 1.10. The second-order valence-electron chi connectivity index (χ2n) is 4.23. The molecule has 0 saturated carbocycles. The lowest BCUT2D eigenvalue weighted by atomic mass is 10.1. The van der Waals surface area contributed by atoms with E-state index in [1.165, 1.54) is 0 Å². The van der Waals surface area contributed by atoms with Gasteiger partial charge in [0.1, 0.15) is 5.82 Å². The third-order valence-corrected chi connectivity index (χ3v) is 3.31. The summed E-state index contributed by atoms with van der Waals surface area (Å²) >= 11 is 3.39. The predicted octanol–water partition coefficient (Wildman–Crippen LogP) is 2.82. The molecule has 0 aliphatic carbocycles. The number of halogens is 1. The van der Waals surface area contributed by atoms with E-state index in [1.807, 2.05) is 37.3 Å². The fourth-order valence-electron chi connectivity index (χ4n) is 1.72. The SMILES string of the molecule is CCNc1ncc(Br)c(NCC(O)c2ccccc2)n1. The van der Waals surface area contributed by atoms with Gasteiger partial charge in [0.2, 0.25) is 5.95 Å². The molecule has 2 aromatic rings. The molecule has 5 nitrogen and oxygen atoms in total. The van der Waals surface area contributed by atoms with E-state index in [1.54, 1.807) is 6.20 Å². The van der Waals surface area contributed by atoms with Crippen molar-refractivity contribution >= 4 is 27.7 Å². The van der Waals surface area contributed by atoms with Gasteiger partial charge in [0.15, 0.2) is 0 Å². The first-order valence-corrected chi connectivity index (χ1v) is 7.23. The van der Waals surface area contributed by atoms with Gasteiger partial charge in [-0.3, -0.25) is 0 Å². The summed E-state index contributed by atoms with van der Waals surface area (Å²) in [6.45, 7) is 3.12. The van der Waals surface area contributed by atoms with Crippen molar-refractivity contribution in [2.75, 3.05) is 23.7 Å². The van der Waals surface area contributed by atoms with Crippen molar-refractivity contribution in [3.05, 3.63) is 46.6 Å². The smallest absolute Gasteiger partial charge is 0.224 e. The fourth-order valence-corrected chi connectivity index (χ4v) is 2.05. The van der Waals surface area contributed by atoms with Crippen LogP contribution >= 0.6 is 15.9 Å². The van der Waals surface area contributed by atoms with Gasteiger partial charge in [-0.1, -0.05) is 30.3 Å². The topological polar surface area (TPSA) is 70.1 Å². The van der Waals surface area contributed by atoms with E-state index in [0.717, 1.165) is 16.6 Å². The van der Waals surface area contributed by atoms with Crippen LogP contribution in [0.3, 0.4) is 0 Å². The molecule has 0 bridgehead atoms. The largest absolute Gasteiger partial charge is 0.387 e. The number of aromatic nitrogens is 2. The van der Waals surface area contributed by atoms with E-state index in [-0.39, 0.29) is 0 Å². The van der Waals surface area contributed by atoms with Gasteiger partial charge in [0.05, 0.1) is 10.6 Å². The molecule has 0 fully saturated rings. The minimum atomic E-state index is -0.583. The summed E-state index contributed by atoms with van der Waals surface area (Å²) in [4.78, 5) is 8.48. The maximum atomic E-state index is 10.1. The Morgan fingerprint density at radius 1 is 1.25 bits per heavy atom. The van der Waals surface area contributed by atoms with Crippen LogP contribution in [-0.2, 0) is 0 Å². The maximum absolute atomic E-state index is 10.1. The molecule has 0 aliphatic heterocycles. The Kier molecular flexibility index (Phi) is 5.31. The van der Waals surface area contributed by atoms with E-state index >= 15 is 0 Å². The van der Waals surface area contributed by atoms with Gasteiger partial charge in [0, 0.05) is 19.3 Å². The van der Waals surface area contributed by atoms with Crippen LogP contribution in [0.1, 0.15) is 18.6 Å². The first kappa shape index (κ1) is 14.7. The van der Waals surface area contributed by atoms with Crippen LogP contribution < -0.4 is 10.6 Å². The maximum Gasteiger partial charge on any atom is 0.224 e. The van der Waals surface area contributed by atoms with Gasteiger partial charge in [-0.25, -0.2) is 4.98 Å². The highest BCUT2D eigenvalue weighted by Crippen LogP contribution is 2.21. The molecule has 0 saturated heterocycles. The van der Waals surface area contributed by atoms with E-state index in [9.17, 15) is 5.11 Å². The molecule has 0 amide bonds. The van der Waals surface area contributed by atoms with Gasteiger partial charge in [0.25, 0.3) is 0 Å². The van der Waals surface area contributed by atoms with Crippen molar-refractivity contribution in [1.82, 2.24) is 9.97 Å². The zero-order valence-corrected chi connectivity index (χ0v) is 12.8. The third kappa shape index (κ3) is 3.91. The van der Waals surface area contributed by atoms with Crippen molar-refractivity contribution in [3.8, 4) is 0 Å². The lowest BCUT2D eigenvalue weighted by Crippen LogP contribution is -2.14. The number of nitrogens with zero attached hydrogens (tertiary/aromatic N) is 2. The standard InChI is InChI=1S/C14H17BrN4O/c1-2-16-14-18-8-11(15)13(19-14)17-9-12(20)10-6-4-3-5-7-10/h3-8,12,20H,2,9H2,1H3,(H2,16,17,18,19). The summed E-state index contributed by atoms with van der Waals surface area (Å²) in [5.74, 6) is 1.22. The average molecular weight is 337 g/mol. The molecule has 20 heavy (non-hydrogen) atoms. The summed E-state index contributed by atoms with van der Waals surface area (Å²) < 4.78 is 0.763. The molecule has 0 radical (unpaired) electrons. The molecular weight excluding hydrogens is 320 g/mol. The average Bonchev–Trinajstić information content (AvgIpc) is 2.48. The Balaban J connectivity index is 2.01. The highest BCUT2D eigenvalue weighted by molar-refractivity contribution is 9.10. The number of anilines is 2. The van der Waals surface area contributed by atoms with Crippen molar-refractivity contribution in [1.29, 1.82) is 0 Å². The molecule has 2 rings (SSSR count). The molecular formula is C14H17BrN4O. The molecule has 0 spiro atoms. The monoisotopic (exact) mass is 336 g/mol. The van der Waals surface area contributed by atoms with Crippen LogP contribution in [0.2, 0.25) is 0 Å². The zero-order chi connectivity index (χ0) is 14.4. The molecule has 0 aliphatic rings. The Hall–Kier alpha value is -1.66. The number of hydrogen-bond acceptors (Lipinski definition) is 5. The first-order valence-electron chi connectivity index (χ1n) is 6.44. The van der Waals surface area contributed by atoms with Crippen LogP contribution in [0.4, 0.5) is 11.8 Å². The van der Waals surface area contributed by atoms with Crippen molar-refractivity contribution in [2.24, 2.45) is 0 Å². The lowest BCUT2D eigenvalue weighted by Gasteiger charge is -2.14. The molecule has 6 heteroatoms. The summed E-state index contributed by atoms with van der Waals surface area (Å²) in [6, 6.07) is 9.52. The van der Waals surface area contributed by atoms with Crippen LogP contribution in [0, 0.1) is 0 Å². The number of aliphatic hydroxyl groups excluding tert-OH is 1. The number of aliphatic hydroxyl groups is 1. The normalized spacial score (nSPS) is 11.9. The first-order chi connectivity index (χ1) is 9.70. The molecule has 1 atom stereocenters. The van der Waals surface area contributed by atoms with Crippen molar-refractivity contribution < 1.29 is 5.11 Å². The Bertz CT molecular complexity index is 550. The van der Waals surface area contributed by atoms with Crippen LogP contribution in [0.15, 0.2) is 41.0 Å². The van der Waals surface area contributed by atoms with E-state index in [4.69, 9.17) is 0 Å². The quantitative estimate of drug-likeness (QED) is 0.756. The van der Waals surface area contributed by atoms with Gasteiger partial charge in [-0.2, -0.15) is 4.98 Å². The van der Waals surface area contributed by atoms with Crippen LogP contribution in [0.5, 0.6) is 0 Å². The minimum Gasteiger partial charge on any atom is -0.387 e. The molecule has 3 N–H and O–H groups in total. The second-order valence-corrected chi connectivity index (χ2v) is 5.08. The molecule has 1 aromatic heterocycles. The fraction of sp³-hybridized carbons (Fsp3) is 0.286. The van der Waals surface area contributed by atoms with E-state index in [2.05, 4.69) is 36.5 Å². The predicted molar refractivity (Wildman–Crippen MR) is 83.8 cm³/mol. The van der Waals surface area contributed by atoms with Crippen molar-refractivity contribution in [3.63, 3.8) is 0 Å². The molecule has 106 valence electrons. The van der Waals surface area contributed by atoms with Gasteiger partial charge >= 0.3 is 0 Å². The van der Waals surface area contributed by atoms with Crippen molar-refractivity contribution in [2.45, 2.75) is 13.0 Å². The molecule has 1 aromatic carbocycles. The highest BCUT2D eigenvalue weighted by atomic mass is 79.9. The zero-order valence-electron chi connectivity index (χ0n) is 11.2. The van der Waals surface area contributed by atoms with Crippen LogP contribution in [-0.4, -0.2) is 28.2 Å². The highest BCUT2D eigenvalue weighted by Gasteiger charge is 2.09. The second kappa shape index (κ2) is 7.21. The third-order valence-electron chi connectivity index (χ3n) is 2.73. The lowest BCUT2D eigenvalue weighted by molar-refractivity contribution is 0.191. The van der Waals surface area contributed by atoms with Gasteiger partial charge in [-0.15, -0.1) is 0 Å². The summed E-state index contributed by atoms with van der Waals surface area (Å²) in [5, 5.41) is 16.3. The summed E-state index contributed by atoms with van der Waals surface area (Å²) in [7, 11) is 0. The number of rotatable bonds is 6.